The lowest BCUT2D eigenvalue weighted by molar-refractivity contribution is -0.347. The highest BCUT2D eigenvalue weighted by atomic mass is 16.7. The quantitative estimate of drug-likeness (QED) is 0.123. The molecule has 0 saturated carbocycles. The Kier molecular flexibility index (Phi) is 14.1. The van der Waals surface area contributed by atoms with Crippen molar-refractivity contribution in [3.63, 3.8) is 0 Å². The molecule has 0 amide bonds. The summed E-state index contributed by atoms with van der Waals surface area (Å²) in [7, 11) is 0. The van der Waals surface area contributed by atoms with Gasteiger partial charge in [-0.2, -0.15) is 0 Å². The first-order valence-electron chi connectivity index (χ1n) is 18.4. The van der Waals surface area contributed by atoms with Crippen LogP contribution in [0.3, 0.4) is 0 Å². The van der Waals surface area contributed by atoms with Gasteiger partial charge in [-0.1, -0.05) is 114 Å². The Morgan fingerprint density at radius 1 is 0.660 bits per heavy atom. The zero-order chi connectivity index (χ0) is 35.8. The number of benzene rings is 2. The fourth-order valence-electron chi connectivity index (χ4n) is 7.64. The Bertz CT molecular complexity index is 1350. The zero-order valence-corrected chi connectivity index (χ0v) is 30.6. The van der Waals surface area contributed by atoms with Crippen molar-refractivity contribution in [2.45, 2.75) is 136 Å². The molecule has 0 aromatic heterocycles. The highest BCUT2D eigenvalue weighted by Crippen LogP contribution is 2.41. The number of ether oxygens (including phenoxy) is 7. The summed E-state index contributed by atoms with van der Waals surface area (Å²) in [5, 5.41) is 15.3. The standard InChI is InChI=1S/C39H57N3O8/c1-8-30-24(4)23(3)25(5)38(47-30)49-34-26(6)33(41-42-40)39(48-31(34)9-2)50-36-32(22-44-20-28-16-12-10-13-17-28)46-37(43)27(7)35(36)45-21-29-18-14-11-15-19-29/h10-19,23-27,30-39,43H,8-9,20-22H2,1-7H3/t23-,24+,25?,26+,27?,30?,31?,32?,33?,34+,35-,36-,37?,38-,39-/m0/s1. The number of hydrogen-bond acceptors (Lipinski definition) is 9. The smallest absolute Gasteiger partial charge is 0.167 e. The predicted octanol–water partition coefficient (Wildman–Crippen LogP) is 7.41. The fourth-order valence-corrected chi connectivity index (χ4v) is 7.64. The van der Waals surface area contributed by atoms with Gasteiger partial charge >= 0.3 is 0 Å². The molecule has 0 bridgehead atoms. The van der Waals surface area contributed by atoms with Crippen molar-refractivity contribution in [2.24, 2.45) is 34.7 Å². The Balaban J connectivity index is 1.38. The third kappa shape index (κ3) is 9.07. The van der Waals surface area contributed by atoms with E-state index in [9.17, 15) is 10.6 Å². The first-order chi connectivity index (χ1) is 24.2. The van der Waals surface area contributed by atoms with Crippen molar-refractivity contribution >= 4 is 0 Å². The minimum atomic E-state index is -1.10. The molecule has 3 aliphatic rings. The largest absolute Gasteiger partial charge is 0.374 e. The lowest BCUT2D eigenvalue weighted by Crippen LogP contribution is -2.62. The molecule has 0 spiro atoms. The van der Waals surface area contributed by atoms with Crippen LogP contribution in [0.2, 0.25) is 0 Å². The minimum absolute atomic E-state index is 0.104. The van der Waals surface area contributed by atoms with Gasteiger partial charge in [-0.15, -0.1) is 0 Å². The number of aliphatic hydroxyl groups excluding tert-OH is 1. The lowest BCUT2D eigenvalue weighted by Gasteiger charge is -2.50. The van der Waals surface area contributed by atoms with E-state index >= 15 is 0 Å². The molecule has 3 aliphatic heterocycles. The van der Waals surface area contributed by atoms with E-state index in [1.165, 1.54) is 0 Å². The van der Waals surface area contributed by atoms with Crippen LogP contribution in [0.5, 0.6) is 0 Å². The molecular weight excluding hydrogens is 638 g/mol. The topological polar surface area (TPSA) is 134 Å². The molecule has 0 aliphatic carbocycles. The molecule has 3 heterocycles. The van der Waals surface area contributed by atoms with E-state index in [4.69, 9.17) is 33.2 Å². The molecule has 1 N–H and O–H groups in total. The van der Waals surface area contributed by atoms with Gasteiger partial charge in [-0.3, -0.25) is 0 Å². The molecule has 2 aromatic rings. The summed E-state index contributed by atoms with van der Waals surface area (Å²) in [5.74, 6) is 0.317. The van der Waals surface area contributed by atoms with Crippen LogP contribution in [0, 0.1) is 29.6 Å². The summed E-state index contributed by atoms with van der Waals surface area (Å²) in [6, 6.07) is 19.0. The van der Waals surface area contributed by atoms with Gasteiger partial charge in [0, 0.05) is 16.7 Å². The van der Waals surface area contributed by atoms with Crippen LogP contribution in [0.15, 0.2) is 65.8 Å². The molecule has 5 rings (SSSR count). The Labute approximate surface area is 297 Å². The first-order valence-corrected chi connectivity index (χ1v) is 18.4. The normalized spacial score (nSPS) is 39.1. The number of azide groups is 1. The molecule has 3 saturated heterocycles. The maximum atomic E-state index is 11.1. The summed E-state index contributed by atoms with van der Waals surface area (Å²) >= 11 is 0. The fraction of sp³-hybridized carbons (Fsp3) is 0.692. The van der Waals surface area contributed by atoms with Gasteiger partial charge in [-0.25, -0.2) is 0 Å². The minimum Gasteiger partial charge on any atom is -0.374 e. The number of rotatable bonds is 14. The number of aliphatic hydroxyl groups is 1. The Morgan fingerprint density at radius 2 is 1.26 bits per heavy atom. The van der Waals surface area contributed by atoms with Crippen LogP contribution in [-0.2, 0) is 46.4 Å². The molecule has 11 heteroatoms. The average Bonchev–Trinajstić information content (AvgIpc) is 3.13. The van der Waals surface area contributed by atoms with E-state index in [1.807, 2.05) is 74.5 Å². The highest BCUT2D eigenvalue weighted by molar-refractivity contribution is 5.14. The number of nitrogens with zero attached hydrogens (tertiary/aromatic N) is 3. The highest BCUT2D eigenvalue weighted by Gasteiger charge is 2.51. The van der Waals surface area contributed by atoms with Gasteiger partial charge in [-0.05, 0) is 47.3 Å². The summed E-state index contributed by atoms with van der Waals surface area (Å²) in [6.45, 7) is 15.6. The van der Waals surface area contributed by atoms with Gasteiger partial charge in [0.05, 0.1) is 50.3 Å². The van der Waals surface area contributed by atoms with Crippen molar-refractivity contribution < 1.29 is 38.3 Å². The molecule has 276 valence electrons. The van der Waals surface area contributed by atoms with E-state index < -0.39 is 49.1 Å². The van der Waals surface area contributed by atoms with E-state index in [1.54, 1.807) is 0 Å². The summed E-state index contributed by atoms with van der Waals surface area (Å²) in [4.78, 5) is 3.22. The summed E-state index contributed by atoms with van der Waals surface area (Å²) in [6.07, 6.45) is -3.52. The monoisotopic (exact) mass is 695 g/mol. The molecule has 11 nitrogen and oxygen atoms in total. The van der Waals surface area contributed by atoms with Crippen LogP contribution in [-0.4, -0.2) is 73.2 Å². The van der Waals surface area contributed by atoms with Gasteiger partial charge < -0.3 is 38.3 Å². The van der Waals surface area contributed by atoms with E-state index in [0.29, 0.717) is 31.5 Å². The van der Waals surface area contributed by atoms with E-state index in [2.05, 4.69) is 44.6 Å². The molecule has 50 heavy (non-hydrogen) atoms. The van der Waals surface area contributed by atoms with Crippen molar-refractivity contribution in [2.75, 3.05) is 6.61 Å². The number of hydrogen-bond donors (Lipinski definition) is 1. The van der Waals surface area contributed by atoms with Crippen molar-refractivity contribution in [1.29, 1.82) is 0 Å². The van der Waals surface area contributed by atoms with E-state index in [0.717, 1.165) is 17.5 Å². The summed E-state index contributed by atoms with van der Waals surface area (Å²) in [5.41, 5.74) is 11.8. The van der Waals surface area contributed by atoms with Crippen LogP contribution in [0.1, 0.15) is 72.4 Å². The van der Waals surface area contributed by atoms with E-state index in [-0.39, 0.29) is 36.8 Å². The second kappa shape index (κ2) is 18.3. The van der Waals surface area contributed by atoms with Gasteiger partial charge in [0.2, 0.25) is 0 Å². The Morgan fingerprint density at radius 3 is 1.88 bits per heavy atom. The lowest BCUT2D eigenvalue weighted by atomic mass is 9.78. The average molecular weight is 696 g/mol. The van der Waals surface area contributed by atoms with Crippen molar-refractivity contribution in [3.8, 4) is 0 Å². The molecule has 15 atom stereocenters. The maximum Gasteiger partial charge on any atom is 0.167 e. The summed E-state index contributed by atoms with van der Waals surface area (Å²) < 4.78 is 45.6. The van der Waals surface area contributed by atoms with Crippen LogP contribution < -0.4 is 0 Å². The molecule has 3 fully saturated rings. The SMILES string of the molecule is CCC1O[C@@H](O[C@H]2C(CC)O[C@@H](O[C@H]3C(COCc4ccccc4)OC(O)C(C)[C@@H]3OCc3ccccc3)C(N=[N+]=[N-])[C@H]2C)C(C)[C@@H](C)[C@H]1C. The second-order valence-corrected chi connectivity index (χ2v) is 14.4. The Hall–Kier alpha value is -2.57. The predicted molar refractivity (Wildman–Crippen MR) is 188 cm³/mol. The van der Waals surface area contributed by atoms with Gasteiger partial charge in [0.1, 0.15) is 12.2 Å². The third-order valence-electron chi connectivity index (χ3n) is 11.2. The maximum absolute atomic E-state index is 11.1. The van der Waals surface area contributed by atoms with Gasteiger partial charge in [0.15, 0.2) is 18.9 Å². The molecule has 2 aromatic carbocycles. The van der Waals surface area contributed by atoms with Gasteiger partial charge in [0.25, 0.3) is 0 Å². The van der Waals surface area contributed by atoms with Crippen molar-refractivity contribution in [1.82, 2.24) is 0 Å². The molecule has 0 radical (unpaired) electrons. The van der Waals surface area contributed by atoms with Crippen LogP contribution >= 0.6 is 0 Å². The third-order valence-corrected chi connectivity index (χ3v) is 11.2. The van der Waals surface area contributed by atoms with Crippen LogP contribution in [0.25, 0.3) is 10.4 Å². The molecule has 7 unspecified atom stereocenters. The zero-order valence-electron chi connectivity index (χ0n) is 30.6. The van der Waals surface area contributed by atoms with Crippen LogP contribution in [0.4, 0.5) is 0 Å². The first kappa shape index (κ1) is 38.7. The van der Waals surface area contributed by atoms with Crippen molar-refractivity contribution in [3.05, 3.63) is 82.2 Å². The molecular formula is C39H57N3O8. The second-order valence-electron chi connectivity index (χ2n) is 14.4.